The van der Waals surface area contributed by atoms with Gasteiger partial charge in [0.25, 0.3) is 0 Å². The summed E-state index contributed by atoms with van der Waals surface area (Å²) in [6.07, 6.45) is 0. The van der Waals surface area contributed by atoms with Gasteiger partial charge in [-0.1, -0.05) is 35.3 Å². The van der Waals surface area contributed by atoms with Crippen LogP contribution in [0.25, 0.3) is 22.3 Å². The van der Waals surface area contributed by atoms with Gasteiger partial charge >= 0.3 is 0 Å². The van der Waals surface area contributed by atoms with Crippen molar-refractivity contribution in [2.45, 2.75) is 6.92 Å². The number of halogens is 4. The maximum absolute atomic E-state index is 13.9. The normalized spacial score (nSPS) is 11.1. The van der Waals surface area contributed by atoms with Gasteiger partial charge in [-0.2, -0.15) is 0 Å². The molecule has 2 aromatic carbocycles. The molecule has 0 unspecified atom stereocenters. The molecule has 0 amide bonds. The molecule has 3 aromatic rings. The van der Waals surface area contributed by atoms with E-state index in [0.717, 1.165) is 17.7 Å². The number of aromatic nitrogens is 2. The smallest absolute Gasteiger partial charge is 0.161 e. The summed E-state index contributed by atoms with van der Waals surface area (Å²) in [5, 5.41) is 0.678. The summed E-state index contributed by atoms with van der Waals surface area (Å²) < 4.78 is 27.1. The second-order valence-corrected chi connectivity index (χ2v) is 5.30. The van der Waals surface area contributed by atoms with Crippen molar-refractivity contribution in [2.24, 2.45) is 0 Å². The van der Waals surface area contributed by atoms with Crippen molar-refractivity contribution in [3.63, 3.8) is 0 Å². The van der Waals surface area contributed by atoms with Crippen molar-refractivity contribution in [3.8, 4) is 11.4 Å². The first-order chi connectivity index (χ1) is 9.97. The van der Waals surface area contributed by atoms with Crippen molar-refractivity contribution >= 4 is 34.1 Å². The second kappa shape index (κ2) is 5.20. The molecule has 0 saturated carbocycles. The molecule has 0 aliphatic carbocycles. The van der Waals surface area contributed by atoms with Crippen LogP contribution in [0.1, 0.15) is 5.56 Å². The highest BCUT2D eigenvalue weighted by Gasteiger charge is 2.15. The van der Waals surface area contributed by atoms with E-state index in [1.54, 1.807) is 25.1 Å². The number of nitrogens with zero attached hydrogens (tertiary/aromatic N) is 2. The van der Waals surface area contributed by atoms with Gasteiger partial charge in [-0.25, -0.2) is 18.7 Å². The van der Waals surface area contributed by atoms with E-state index in [4.69, 9.17) is 23.2 Å². The molecule has 0 bridgehead atoms. The Hall–Kier alpha value is -1.78. The summed E-state index contributed by atoms with van der Waals surface area (Å²) in [4.78, 5) is 8.27. The van der Waals surface area contributed by atoms with E-state index in [1.807, 2.05) is 0 Å². The van der Waals surface area contributed by atoms with Gasteiger partial charge in [0.05, 0.1) is 0 Å². The Kier molecular flexibility index (Phi) is 3.51. The Bertz CT molecular complexity index is 866. The molecular formula is C15H8Cl2F2N2. The fourth-order valence-electron chi connectivity index (χ4n) is 2.09. The molecule has 0 spiro atoms. The SMILES string of the molecule is Cc1c(Cl)cccc1-c1nc(Cl)c2cc(F)cc(F)c2n1. The lowest BCUT2D eigenvalue weighted by molar-refractivity contribution is 0.590. The molecular weight excluding hydrogens is 317 g/mol. The van der Waals surface area contributed by atoms with Crippen LogP contribution >= 0.6 is 23.2 Å². The molecule has 1 aromatic heterocycles. The predicted molar refractivity (Wildman–Crippen MR) is 79.6 cm³/mol. The molecule has 3 rings (SSSR count). The average molecular weight is 325 g/mol. The lowest BCUT2D eigenvalue weighted by atomic mass is 10.1. The van der Waals surface area contributed by atoms with Crippen LogP contribution in [0.4, 0.5) is 8.78 Å². The largest absolute Gasteiger partial charge is 0.225 e. The third kappa shape index (κ3) is 2.45. The van der Waals surface area contributed by atoms with Crippen LogP contribution in [-0.4, -0.2) is 9.97 Å². The topological polar surface area (TPSA) is 25.8 Å². The molecule has 0 N–H and O–H groups in total. The monoisotopic (exact) mass is 324 g/mol. The van der Waals surface area contributed by atoms with E-state index in [1.165, 1.54) is 0 Å². The van der Waals surface area contributed by atoms with Gasteiger partial charge in [0.2, 0.25) is 0 Å². The molecule has 0 aliphatic heterocycles. The van der Waals surface area contributed by atoms with Crippen molar-refractivity contribution in [2.75, 3.05) is 0 Å². The zero-order valence-electron chi connectivity index (χ0n) is 10.8. The van der Waals surface area contributed by atoms with Crippen LogP contribution in [0, 0.1) is 18.6 Å². The maximum Gasteiger partial charge on any atom is 0.161 e. The standard InChI is InChI=1S/C15H8Cl2F2N2/c1-7-9(3-2-4-11(7)16)15-20-13-10(14(17)21-15)5-8(18)6-12(13)19/h2-6H,1H3. The Labute approximate surface area is 129 Å². The van der Waals surface area contributed by atoms with E-state index in [-0.39, 0.29) is 21.9 Å². The van der Waals surface area contributed by atoms with Crippen molar-refractivity contribution in [1.29, 1.82) is 0 Å². The maximum atomic E-state index is 13.9. The zero-order valence-corrected chi connectivity index (χ0v) is 12.3. The minimum atomic E-state index is -0.782. The highest BCUT2D eigenvalue weighted by atomic mass is 35.5. The van der Waals surface area contributed by atoms with Gasteiger partial charge in [-0.05, 0) is 24.6 Å². The Morgan fingerprint density at radius 3 is 2.57 bits per heavy atom. The van der Waals surface area contributed by atoms with Crippen LogP contribution in [-0.2, 0) is 0 Å². The van der Waals surface area contributed by atoms with E-state index in [0.29, 0.717) is 10.6 Å². The first-order valence-corrected chi connectivity index (χ1v) is 6.81. The predicted octanol–water partition coefficient (Wildman–Crippen LogP) is 5.19. The lowest BCUT2D eigenvalue weighted by Gasteiger charge is -2.09. The van der Waals surface area contributed by atoms with E-state index < -0.39 is 11.6 Å². The molecule has 0 saturated heterocycles. The van der Waals surface area contributed by atoms with Crippen LogP contribution in [0.15, 0.2) is 30.3 Å². The number of fused-ring (bicyclic) bond motifs is 1. The molecule has 2 nitrogen and oxygen atoms in total. The van der Waals surface area contributed by atoms with Crippen LogP contribution in [0.2, 0.25) is 10.2 Å². The molecule has 21 heavy (non-hydrogen) atoms. The summed E-state index contributed by atoms with van der Waals surface area (Å²) in [7, 11) is 0. The highest BCUT2D eigenvalue weighted by molar-refractivity contribution is 6.34. The van der Waals surface area contributed by atoms with E-state index >= 15 is 0 Å². The number of rotatable bonds is 1. The van der Waals surface area contributed by atoms with E-state index in [9.17, 15) is 8.78 Å². The van der Waals surface area contributed by atoms with Gasteiger partial charge in [-0.3, -0.25) is 0 Å². The van der Waals surface area contributed by atoms with Crippen molar-refractivity contribution in [1.82, 2.24) is 9.97 Å². The summed E-state index contributed by atoms with van der Waals surface area (Å²) in [6.45, 7) is 1.81. The first-order valence-electron chi connectivity index (χ1n) is 6.05. The summed E-state index contributed by atoms with van der Waals surface area (Å²) in [5.41, 5.74) is 1.39. The lowest BCUT2D eigenvalue weighted by Crippen LogP contribution is -1.97. The Balaban J connectivity index is 2.33. The fourth-order valence-corrected chi connectivity index (χ4v) is 2.49. The zero-order chi connectivity index (χ0) is 15.1. The molecule has 0 aliphatic rings. The van der Waals surface area contributed by atoms with Crippen LogP contribution < -0.4 is 0 Å². The molecule has 1 heterocycles. The number of benzene rings is 2. The second-order valence-electron chi connectivity index (χ2n) is 4.53. The third-order valence-corrected chi connectivity index (χ3v) is 3.88. The van der Waals surface area contributed by atoms with Crippen molar-refractivity contribution < 1.29 is 8.78 Å². The third-order valence-electron chi connectivity index (χ3n) is 3.18. The Morgan fingerprint density at radius 1 is 1.05 bits per heavy atom. The number of hydrogen-bond donors (Lipinski definition) is 0. The minimum absolute atomic E-state index is 0.00669. The van der Waals surface area contributed by atoms with Gasteiger partial charge < -0.3 is 0 Å². The molecule has 0 atom stereocenters. The quantitative estimate of drug-likeness (QED) is 0.575. The highest BCUT2D eigenvalue weighted by Crippen LogP contribution is 2.30. The minimum Gasteiger partial charge on any atom is -0.225 e. The van der Waals surface area contributed by atoms with E-state index in [2.05, 4.69) is 9.97 Å². The first kappa shape index (κ1) is 14.2. The Morgan fingerprint density at radius 2 is 1.81 bits per heavy atom. The molecule has 0 radical (unpaired) electrons. The van der Waals surface area contributed by atoms with Crippen LogP contribution in [0.5, 0.6) is 0 Å². The van der Waals surface area contributed by atoms with Gasteiger partial charge in [0.1, 0.15) is 16.5 Å². The summed E-state index contributed by atoms with van der Waals surface area (Å²) in [5.74, 6) is -1.26. The van der Waals surface area contributed by atoms with Gasteiger partial charge in [-0.15, -0.1) is 0 Å². The summed E-state index contributed by atoms with van der Waals surface area (Å²) in [6, 6.07) is 7.11. The average Bonchev–Trinajstić information content (AvgIpc) is 2.43. The van der Waals surface area contributed by atoms with Gasteiger partial charge in [0.15, 0.2) is 11.6 Å². The van der Waals surface area contributed by atoms with Crippen LogP contribution in [0.3, 0.4) is 0 Å². The number of hydrogen-bond acceptors (Lipinski definition) is 2. The molecule has 6 heteroatoms. The molecule has 106 valence electrons. The fraction of sp³-hybridized carbons (Fsp3) is 0.0667. The molecule has 0 fully saturated rings. The van der Waals surface area contributed by atoms with Gasteiger partial charge in [0, 0.05) is 22.0 Å². The van der Waals surface area contributed by atoms with Crippen molar-refractivity contribution in [3.05, 3.63) is 57.7 Å². The summed E-state index contributed by atoms with van der Waals surface area (Å²) >= 11 is 12.1.